The average Bonchev–Trinajstić information content (AvgIpc) is 2.40. The van der Waals surface area contributed by atoms with Crippen LogP contribution in [-0.4, -0.2) is 44.0 Å². The molecule has 1 aromatic carbocycles. The first kappa shape index (κ1) is 15.8. The van der Waals surface area contributed by atoms with E-state index in [-0.39, 0.29) is 11.5 Å². The maximum absolute atomic E-state index is 11.3. The van der Waals surface area contributed by atoms with E-state index in [2.05, 4.69) is 45.8 Å². The van der Waals surface area contributed by atoms with Crippen molar-refractivity contribution >= 4 is 26.6 Å². The molecule has 0 bridgehead atoms. The molecular weight excluding hydrogens is 324 g/mol. The van der Waals surface area contributed by atoms with Crippen LogP contribution >= 0.6 is 0 Å². The van der Waals surface area contributed by atoms with E-state index in [1.165, 1.54) is 17.4 Å². The number of nitrogens with one attached hydrogen (secondary N) is 1. The Balaban J connectivity index is 1.50. The van der Waals surface area contributed by atoms with Crippen LogP contribution in [0.15, 0.2) is 18.3 Å². The highest BCUT2D eigenvalue weighted by atomic mass is 32.2. The van der Waals surface area contributed by atoms with E-state index in [4.69, 9.17) is 0 Å². The van der Waals surface area contributed by atoms with Crippen LogP contribution in [0.1, 0.15) is 24.0 Å². The highest BCUT2D eigenvalue weighted by Gasteiger charge is 2.53. The van der Waals surface area contributed by atoms with Crippen LogP contribution in [0.2, 0.25) is 0 Å². The molecule has 1 aliphatic carbocycles. The minimum Gasteiger partial charge on any atom is -0.368 e. The number of anilines is 1. The molecule has 2 aromatic rings. The lowest BCUT2D eigenvalue weighted by Crippen LogP contribution is -2.66. The van der Waals surface area contributed by atoms with E-state index >= 15 is 0 Å². The number of sulfonamides is 1. The molecule has 2 fully saturated rings. The fraction of sp³-hybridized carbons (Fsp3) is 0.529. The Morgan fingerprint density at radius 2 is 1.88 bits per heavy atom. The minimum absolute atomic E-state index is 0.0966. The van der Waals surface area contributed by atoms with Gasteiger partial charge in [-0.1, -0.05) is 0 Å². The fourth-order valence-electron chi connectivity index (χ4n) is 4.12. The first-order chi connectivity index (χ1) is 11.2. The smallest absolute Gasteiger partial charge is 0.208 e. The number of hydrogen-bond acceptors (Lipinski definition) is 5. The lowest BCUT2D eigenvalue weighted by Gasteiger charge is -2.59. The van der Waals surface area contributed by atoms with Crippen LogP contribution in [0.4, 0.5) is 5.69 Å². The maximum Gasteiger partial charge on any atom is 0.208 e. The molecule has 1 aliphatic heterocycles. The van der Waals surface area contributed by atoms with E-state index in [0.29, 0.717) is 0 Å². The molecule has 24 heavy (non-hydrogen) atoms. The standard InChI is InChI=1S/C17H22N4O2S/c1-11-4-14-15(5-12(11)2)19-18-8-16(14)21-9-17(10-21)6-13(7-17)20-24(3,22)23/h4-5,8,13,20H,6-7,9-10H2,1-3H3. The predicted molar refractivity (Wildman–Crippen MR) is 94.7 cm³/mol. The van der Waals surface area contributed by atoms with Crippen molar-refractivity contribution in [1.29, 1.82) is 0 Å². The third-order valence-corrected chi connectivity index (χ3v) is 6.13. The van der Waals surface area contributed by atoms with Gasteiger partial charge in [-0.15, -0.1) is 0 Å². The highest BCUT2D eigenvalue weighted by molar-refractivity contribution is 7.88. The highest BCUT2D eigenvalue weighted by Crippen LogP contribution is 2.50. The van der Waals surface area contributed by atoms with Gasteiger partial charge in [0.1, 0.15) is 0 Å². The molecular formula is C17H22N4O2S. The van der Waals surface area contributed by atoms with Gasteiger partial charge in [-0.3, -0.25) is 0 Å². The molecule has 1 spiro atoms. The number of aromatic nitrogens is 2. The van der Waals surface area contributed by atoms with E-state index in [1.807, 2.05) is 6.20 Å². The molecule has 0 amide bonds. The van der Waals surface area contributed by atoms with Gasteiger partial charge in [-0.2, -0.15) is 10.2 Å². The van der Waals surface area contributed by atoms with E-state index in [1.54, 1.807) is 0 Å². The van der Waals surface area contributed by atoms with Crippen molar-refractivity contribution in [2.24, 2.45) is 5.41 Å². The number of benzene rings is 1. The topological polar surface area (TPSA) is 75.2 Å². The molecule has 7 heteroatoms. The van der Waals surface area contributed by atoms with Crippen molar-refractivity contribution in [3.05, 3.63) is 29.5 Å². The Labute approximate surface area is 142 Å². The monoisotopic (exact) mass is 346 g/mol. The zero-order valence-electron chi connectivity index (χ0n) is 14.2. The van der Waals surface area contributed by atoms with Crippen molar-refractivity contribution < 1.29 is 8.42 Å². The number of rotatable bonds is 3. The van der Waals surface area contributed by atoms with Crippen LogP contribution in [0.5, 0.6) is 0 Å². The van der Waals surface area contributed by atoms with Gasteiger partial charge in [-0.05, 0) is 49.9 Å². The fourth-order valence-corrected chi connectivity index (χ4v) is 4.89. The molecule has 2 heterocycles. The summed E-state index contributed by atoms with van der Waals surface area (Å²) in [4.78, 5) is 2.34. The lowest BCUT2D eigenvalue weighted by atomic mass is 9.61. The number of hydrogen-bond donors (Lipinski definition) is 1. The molecule has 1 saturated carbocycles. The number of fused-ring (bicyclic) bond motifs is 1. The van der Waals surface area contributed by atoms with Gasteiger partial charge < -0.3 is 4.90 Å². The lowest BCUT2D eigenvalue weighted by molar-refractivity contribution is 0.0593. The van der Waals surface area contributed by atoms with Gasteiger partial charge in [0.05, 0.1) is 23.7 Å². The third-order valence-electron chi connectivity index (χ3n) is 5.37. The zero-order valence-corrected chi connectivity index (χ0v) is 15.0. The Bertz CT molecular complexity index is 912. The Morgan fingerprint density at radius 3 is 2.54 bits per heavy atom. The van der Waals surface area contributed by atoms with Gasteiger partial charge in [0.25, 0.3) is 0 Å². The first-order valence-electron chi connectivity index (χ1n) is 8.20. The first-order valence-corrected chi connectivity index (χ1v) is 10.1. The van der Waals surface area contributed by atoms with Crippen LogP contribution in [0.3, 0.4) is 0 Å². The van der Waals surface area contributed by atoms with Crippen LogP contribution in [0, 0.1) is 19.3 Å². The van der Waals surface area contributed by atoms with E-state index in [0.717, 1.165) is 42.5 Å². The number of aryl methyl sites for hydroxylation is 2. The summed E-state index contributed by atoms with van der Waals surface area (Å²) in [6.45, 7) is 6.13. The quantitative estimate of drug-likeness (QED) is 0.917. The van der Waals surface area contributed by atoms with Crippen LogP contribution in [0.25, 0.3) is 10.9 Å². The second-order valence-corrected chi connectivity index (χ2v) is 9.31. The molecule has 6 nitrogen and oxygen atoms in total. The summed E-state index contributed by atoms with van der Waals surface area (Å²) in [5.41, 5.74) is 4.81. The second-order valence-electron chi connectivity index (χ2n) is 7.53. The average molecular weight is 346 g/mol. The molecule has 4 rings (SSSR count). The van der Waals surface area contributed by atoms with Crippen molar-refractivity contribution in [3.63, 3.8) is 0 Å². The summed E-state index contributed by atoms with van der Waals surface area (Å²) in [7, 11) is -3.10. The Kier molecular flexibility index (Phi) is 3.37. The van der Waals surface area contributed by atoms with Gasteiger partial charge >= 0.3 is 0 Å². The van der Waals surface area contributed by atoms with Crippen molar-refractivity contribution in [3.8, 4) is 0 Å². The second kappa shape index (κ2) is 5.13. The molecule has 1 aromatic heterocycles. The molecule has 1 N–H and O–H groups in total. The normalized spacial score (nSPS) is 20.2. The van der Waals surface area contributed by atoms with Gasteiger partial charge in [0, 0.05) is 29.9 Å². The Hall–Kier alpha value is -1.73. The van der Waals surface area contributed by atoms with Crippen LogP contribution < -0.4 is 9.62 Å². The summed E-state index contributed by atoms with van der Waals surface area (Å²) >= 11 is 0. The summed E-state index contributed by atoms with van der Waals surface area (Å²) in [5.74, 6) is 0. The van der Waals surface area contributed by atoms with Crippen molar-refractivity contribution in [2.45, 2.75) is 32.7 Å². The predicted octanol–water partition coefficient (Wildman–Crippen LogP) is 1.76. The minimum atomic E-state index is -3.10. The van der Waals surface area contributed by atoms with Crippen molar-refractivity contribution in [1.82, 2.24) is 14.9 Å². The maximum atomic E-state index is 11.3. The molecule has 1 saturated heterocycles. The van der Waals surface area contributed by atoms with E-state index < -0.39 is 10.0 Å². The van der Waals surface area contributed by atoms with Crippen LogP contribution in [-0.2, 0) is 10.0 Å². The zero-order chi connectivity index (χ0) is 17.1. The third kappa shape index (κ3) is 2.65. The molecule has 128 valence electrons. The van der Waals surface area contributed by atoms with Gasteiger partial charge in [-0.25, -0.2) is 13.1 Å². The summed E-state index contributed by atoms with van der Waals surface area (Å²) in [5, 5.41) is 9.56. The summed E-state index contributed by atoms with van der Waals surface area (Å²) < 4.78 is 25.3. The number of nitrogens with zero attached hydrogens (tertiary/aromatic N) is 3. The molecule has 0 radical (unpaired) electrons. The van der Waals surface area contributed by atoms with Gasteiger partial charge in [0.15, 0.2) is 0 Å². The SMILES string of the molecule is Cc1cc2nncc(N3CC4(CC(NS(C)(=O)=O)C4)C3)c2cc1C. The summed E-state index contributed by atoms with van der Waals surface area (Å²) in [6.07, 6.45) is 4.91. The molecule has 0 unspecified atom stereocenters. The van der Waals surface area contributed by atoms with Crippen molar-refractivity contribution in [2.75, 3.05) is 24.2 Å². The Morgan fingerprint density at radius 1 is 1.21 bits per heavy atom. The van der Waals surface area contributed by atoms with Gasteiger partial charge in [0.2, 0.25) is 10.0 Å². The summed E-state index contributed by atoms with van der Waals surface area (Å²) in [6, 6.07) is 4.37. The molecule has 2 aliphatic rings. The largest absolute Gasteiger partial charge is 0.368 e. The van der Waals surface area contributed by atoms with E-state index in [9.17, 15) is 8.42 Å². The molecule has 0 atom stereocenters.